The van der Waals surface area contributed by atoms with Crippen LogP contribution in [0.5, 0.6) is 0 Å². The third-order valence-electron chi connectivity index (χ3n) is 2.29. The van der Waals surface area contributed by atoms with Crippen LogP contribution in [0, 0.1) is 0 Å². The quantitative estimate of drug-likeness (QED) is 0.747. The van der Waals surface area contributed by atoms with E-state index in [1.807, 2.05) is 20.8 Å². The minimum absolute atomic E-state index is 0.0611. The first-order chi connectivity index (χ1) is 6.76. The van der Waals surface area contributed by atoms with E-state index in [0.29, 0.717) is 19.0 Å². The Bertz CT molecular complexity index is 169. The number of nitrogens with zero attached hydrogens (tertiary/aromatic N) is 1. The van der Waals surface area contributed by atoms with Crippen molar-refractivity contribution in [3.8, 4) is 0 Å². The lowest BCUT2D eigenvalue weighted by Gasteiger charge is -2.28. The Morgan fingerprint density at radius 2 is 1.80 bits per heavy atom. The van der Waals surface area contributed by atoms with Crippen LogP contribution < -0.4 is 5.32 Å². The minimum Gasteiger partial charge on any atom is -0.313 e. The van der Waals surface area contributed by atoms with E-state index in [0.717, 1.165) is 0 Å². The predicted molar refractivity (Wildman–Crippen MR) is 55.9 cm³/mol. The molecule has 0 fully saturated rings. The van der Waals surface area contributed by atoms with Crippen LogP contribution in [0.2, 0.25) is 0 Å². The first-order valence-electron chi connectivity index (χ1n) is 5.26. The molecule has 0 radical (unpaired) electrons. The van der Waals surface area contributed by atoms with Gasteiger partial charge in [-0.25, -0.2) is 0 Å². The van der Waals surface area contributed by atoms with E-state index in [1.165, 1.54) is 11.9 Å². The van der Waals surface area contributed by atoms with E-state index in [9.17, 15) is 13.2 Å². The van der Waals surface area contributed by atoms with Crippen molar-refractivity contribution in [1.29, 1.82) is 0 Å². The Morgan fingerprint density at radius 3 is 2.13 bits per heavy atom. The largest absolute Gasteiger partial charge is 0.401 e. The van der Waals surface area contributed by atoms with Gasteiger partial charge in [0.25, 0.3) is 0 Å². The van der Waals surface area contributed by atoms with Crippen LogP contribution in [0.1, 0.15) is 27.2 Å². The lowest BCUT2D eigenvalue weighted by atomic mass is 10.2. The van der Waals surface area contributed by atoms with Gasteiger partial charge in [-0.05, 0) is 13.5 Å². The average Bonchev–Trinajstić information content (AvgIpc) is 2.01. The normalized spacial score (nSPS) is 15.0. The van der Waals surface area contributed by atoms with Gasteiger partial charge >= 0.3 is 6.18 Å². The summed E-state index contributed by atoms with van der Waals surface area (Å²) in [7, 11) is 1.52. The van der Waals surface area contributed by atoms with Gasteiger partial charge in [0.2, 0.25) is 0 Å². The summed E-state index contributed by atoms with van der Waals surface area (Å²) < 4.78 is 36.4. The van der Waals surface area contributed by atoms with Crippen LogP contribution in [0.25, 0.3) is 0 Å². The Hall–Kier alpha value is -0.290. The summed E-state index contributed by atoms with van der Waals surface area (Å²) in [5.41, 5.74) is 0. The zero-order chi connectivity index (χ0) is 12.1. The minimum atomic E-state index is -4.11. The third-order valence-corrected chi connectivity index (χ3v) is 2.29. The molecular formula is C10H21F3N2. The second-order valence-electron chi connectivity index (χ2n) is 4.16. The summed E-state index contributed by atoms with van der Waals surface area (Å²) in [6.45, 7) is 5.62. The number of halogens is 3. The molecule has 0 saturated carbocycles. The SMILES string of the molecule is CCC(CNC(C)C)N(C)CC(F)(F)F. The highest BCUT2D eigenvalue weighted by Gasteiger charge is 2.31. The highest BCUT2D eigenvalue weighted by molar-refractivity contribution is 4.73. The number of nitrogens with one attached hydrogen (secondary N) is 1. The molecule has 0 aliphatic heterocycles. The summed E-state index contributed by atoms with van der Waals surface area (Å²) in [6.07, 6.45) is -3.40. The number of alkyl halides is 3. The zero-order valence-electron chi connectivity index (χ0n) is 9.86. The van der Waals surface area contributed by atoms with E-state index < -0.39 is 12.7 Å². The maximum Gasteiger partial charge on any atom is 0.401 e. The topological polar surface area (TPSA) is 15.3 Å². The van der Waals surface area contributed by atoms with Gasteiger partial charge in [0.1, 0.15) is 0 Å². The van der Waals surface area contributed by atoms with Crippen molar-refractivity contribution >= 4 is 0 Å². The van der Waals surface area contributed by atoms with Crippen LogP contribution >= 0.6 is 0 Å². The summed E-state index contributed by atoms with van der Waals surface area (Å²) in [4.78, 5) is 1.36. The summed E-state index contributed by atoms with van der Waals surface area (Å²) in [5, 5.41) is 3.15. The molecule has 0 heterocycles. The van der Waals surface area contributed by atoms with E-state index >= 15 is 0 Å². The Labute approximate surface area is 89.8 Å². The van der Waals surface area contributed by atoms with E-state index in [-0.39, 0.29) is 6.04 Å². The molecule has 0 spiro atoms. The second kappa shape index (κ2) is 6.33. The fourth-order valence-corrected chi connectivity index (χ4v) is 1.40. The van der Waals surface area contributed by atoms with Gasteiger partial charge in [-0.2, -0.15) is 13.2 Å². The van der Waals surface area contributed by atoms with E-state index in [2.05, 4.69) is 5.32 Å². The fraction of sp³-hybridized carbons (Fsp3) is 1.00. The molecular weight excluding hydrogens is 205 g/mol. The van der Waals surface area contributed by atoms with E-state index in [4.69, 9.17) is 0 Å². The Morgan fingerprint density at radius 1 is 1.27 bits per heavy atom. The van der Waals surface area contributed by atoms with Gasteiger partial charge in [-0.15, -0.1) is 0 Å². The van der Waals surface area contributed by atoms with Crippen molar-refractivity contribution in [2.45, 2.75) is 45.5 Å². The molecule has 0 aliphatic rings. The first-order valence-corrected chi connectivity index (χ1v) is 5.26. The number of rotatable bonds is 6. The van der Waals surface area contributed by atoms with Crippen LogP contribution in [0.15, 0.2) is 0 Å². The second-order valence-corrected chi connectivity index (χ2v) is 4.16. The lowest BCUT2D eigenvalue weighted by Crippen LogP contribution is -2.45. The molecule has 5 heteroatoms. The molecule has 1 atom stereocenters. The van der Waals surface area contributed by atoms with Crippen LogP contribution in [0.3, 0.4) is 0 Å². The molecule has 92 valence electrons. The Balaban J connectivity index is 4.04. The summed E-state index contributed by atoms with van der Waals surface area (Å²) in [5.74, 6) is 0. The van der Waals surface area contributed by atoms with Crippen LogP contribution in [-0.4, -0.2) is 43.3 Å². The predicted octanol–water partition coefficient (Wildman–Crippen LogP) is 2.26. The smallest absolute Gasteiger partial charge is 0.313 e. The van der Waals surface area contributed by atoms with Gasteiger partial charge in [0.05, 0.1) is 6.54 Å². The molecule has 0 aromatic rings. The van der Waals surface area contributed by atoms with Crippen molar-refractivity contribution in [3.05, 3.63) is 0 Å². The van der Waals surface area contributed by atoms with Gasteiger partial charge < -0.3 is 5.32 Å². The van der Waals surface area contributed by atoms with Gasteiger partial charge in [-0.1, -0.05) is 20.8 Å². The highest BCUT2D eigenvalue weighted by Crippen LogP contribution is 2.17. The average molecular weight is 226 g/mol. The standard InChI is InChI=1S/C10H21F3N2/c1-5-9(6-14-8(2)3)15(4)7-10(11,12)13/h8-9,14H,5-7H2,1-4H3. The maximum absolute atomic E-state index is 12.1. The van der Waals surface area contributed by atoms with Gasteiger partial charge in [-0.3, -0.25) is 4.90 Å². The molecule has 0 rings (SSSR count). The molecule has 15 heavy (non-hydrogen) atoms. The molecule has 0 aromatic carbocycles. The number of hydrogen-bond acceptors (Lipinski definition) is 2. The van der Waals surface area contributed by atoms with Crippen molar-refractivity contribution in [3.63, 3.8) is 0 Å². The zero-order valence-corrected chi connectivity index (χ0v) is 9.86. The molecule has 0 aromatic heterocycles. The molecule has 1 unspecified atom stereocenters. The van der Waals surface area contributed by atoms with Gasteiger partial charge in [0, 0.05) is 18.6 Å². The van der Waals surface area contributed by atoms with E-state index in [1.54, 1.807) is 0 Å². The monoisotopic (exact) mass is 226 g/mol. The Kier molecular flexibility index (Phi) is 6.20. The number of hydrogen-bond donors (Lipinski definition) is 1. The van der Waals surface area contributed by atoms with Crippen LogP contribution in [-0.2, 0) is 0 Å². The lowest BCUT2D eigenvalue weighted by molar-refractivity contribution is -0.147. The van der Waals surface area contributed by atoms with Gasteiger partial charge in [0.15, 0.2) is 0 Å². The van der Waals surface area contributed by atoms with Crippen molar-refractivity contribution in [2.24, 2.45) is 0 Å². The molecule has 0 saturated heterocycles. The van der Waals surface area contributed by atoms with Crippen molar-refractivity contribution in [2.75, 3.05) is 20.1 Å². The van der Waals surface area contributed by atoms with Crippen LogP contribution in [0.4, 0.5) is 13.2 Å². The third kappa shape index (κ3) is 7.62. The molecule has 2 nitrogen and oxygen atoms in total. The molecule has 0 aliphatic carbocycles. The van der Waals surface area contributed by atoms with Crippen molar-refractivity contribution in [1.82, 2.24) is 10.2 Å². The first kappa shape index (κ1) is 14.7. The summed E-state index contributed by atoms with van der Waals surface area (Å²) >= 11 is 0. The fourth-order valence-electron chi connectivity index (χ4n) is 1.40. The van der Waals surface area contributed by atoms with Crippen molar-refractivity contribution < 1.29 is 13.2 Å². The maximum atomic E-state index is 12.1. The molecule has 1 N–H and O–H groups in total. The highest BCUT2D eigenvalue weighted by atomic mass is 19.4. The molecule has 0 amide bonds. The number of likely N-dealkylation sites (N-methyl/N-ethyl adjacent to an activating group) is 1. The summed E-state index contributed by atoms with van der Waals surface area (Å²) in [6, 6.07) is 0.243. The molecule has 0 bridgehead atoms.